The van der Waals surface area contributed by atoms with E-state index in [9.17, 15) is 4.79 Å². The molecule has 0 saturated heterocycles. The highest BCUT2D eigenvalue weighted by molar-refractivity contribution is 5.69. The molecule has 0 fully saturated rings. The number of allylic oxidation sites excluding steroid dienone is 2. The van der Waals surface area contributed by atoms with E-state index >= 15 is 0 Å². The van der Waals surface area contributed by atoms with Crippen LogP contribution in [-0.4, -0.2) is 37.7 Å². The zero-order chi connectivity index (χ0) is 23.3. The minimum Gasteiger partial charge on any atom is -0.460 e. The van der Waals surface area contributed by atoms with Crippen molar-refractivity contribution in [3.8, 4) is 0 Å². The molecule has 0 radical (unpaired) electrons. The Morgan fingerprint density at radius 2 is 1.38 bits per heavy atom. The highest BCUT2D eigenvalue weighted by Crippen LogP contribution is 2.11. The molecule has 0 spiro atoms. The van der Waals surface area contributed by atoms with Crippen molar-refractivity contribution in [2.24, 2.45) is 0 Å². The van der Waals surface area contributed by atoms with Gasteiger partial charge in [0.25, 0.3) is 0 Å². The highest BCUT2D eigenvalue weighted by Gasteiger charge is 2.16. The van der Waals surface area contributed by atoms with Gasteiger partial charge in [-0.15, -0.1) is 0 Å². The third kappa shape index (κ3) is 17.0. The molecule has 3 heteroatoms. The molecule has 0 bridgehead atoms. The Labute approximate surface area is 198 Å². The van der Waals surface area contributed by atoms with Gasteiger partial charge in [-0.05, 0) is 32.1 Å². The summed E-state index contributed by atoms with van der Waals surface area (Å²) in [6.45, 7) is 4.57. The van der Waals surface area contributed by atoms with Crippen LogP contribution >= 0.6 is 0 Å². The van der Waals surface area contributed by atoms with Crippen LogP contribution < -0.4 is 0 Å². The number of unbranched alkanes of at least 4 members (excludes halogenated alkanes) is 11. The van der Waals surface area contributed by atoms with Gasteiger partial charge in [0.1, 0.15) is 19.7 Å². The maximum atomic E-state index is 12.0. The summed E-state index contributed by atoms with van der Waals surface area (Å²) in [4.78, 5) is 12.0. The fraction of sp³-hybridized carbons (Fsp3) is 0.690. The molecular formula is C29H50NO2+. The molecule has 1 rings (SSSR count). The predicted octanol–water partition coefficient (Wildman–Crippen LogP) is 7.84. The van der Waals surface area contributed by atoms with Crippen molar-refractivity contribution >= 4 is 5.97 Å². The first-order valence-corrected chi connectivity index (χ1v) is 13.2. The van der Waals surface area contributed by atoms with Crippen molar-refractivity contribution < 1.29 is 14.0 Å². The van der Waals surface area contributed by atoms with E-state index in [0.717, 1.165) is 30.4 Å². The molecule has 0 aliphatic rings. The van der Waals surface area contributed by atoms with Crippen molar-refractivity contribution in [1.82, 2.24) is 0 Å². The third-order valence-electron chi connectivity index (χ3n) is 6.06. The second-order valence-corrected chi connectivity index (χ2v) is 9.86. The topological polar surface area (TPSA) is 26.3 Å². The number of rotatable bonds is 20. The van der Waals surface area contributed by atoms with E-state index in [1.54, 1.807) is 0 Å². The Kier molecular flexibility index (Phi) is 16.8. The Hall–Kier alpha value is -1.61. The summed E-state index contributed by atoms with van der Waals surface area (Å²) in [5.41, 5.74) is 1.32. The molecule has 0 heterocycles. The number of quaternary nitrogens is 1. The third-order valence-corrected chi connectivity index (χ3v) is 6.06. The lowest BCUT2D eigenvalue weighted by Gasteiger charge is -2.29. The molecule has 0 saturated carbocycles. The van der Waals surface area contributed by atoms with Crippen molar-refractivity contribution in [2.45, 2.75) is 103 Å². The lowest BCUT2D eigenvalue weighted by molar-refractivity contribution is -0.903. The van der Waals surface area contributed by atoms with E-state index in [1.807, 2.05) is 6.07 Å². The predicted molar refractivity (Wildman–Crippen MR) is 138 cm³/mol. The van der Waals surface area contributed by atoms with Crippen LogP contribution in [0.2, 0.25) is 0 Å². The minimum absolute atomic E-state index is 0.0395. The van der Waals surface area contributed by atoms with Gasteiger partial charge < -0.3 is 9.22 Å². The smallest absolute Gasteiger partial charge is 0.305 e. The first-order chi connectivity index (χ1) is 15.5. The van der Waals surface area contributed by atoms with Gasteiger partial charge >= 0.3 is 5.97 Å². The molecular weight excluding hydrogens is 394 g/mol. The SMILES string of the molecule is CCCCCCCCC=CCCCCCCCC(=O)OCC[N+](C)(C)Cc1ccccc1. The number of carbonyl (C=O) groups is 1. The normalized spacial score (nSPS) is 11.8. The number of nitrogens with zero attached hydrogens (tertiary/aromatic N) is 1. The van der Waals surface area contributed by atoms with Crippen LogP contribution in [0.3, 0.4) is 0 Å². The van der Waals surface area contributed by atoms with Crippen LogP contribution in [0.4, 0.5) is 0 Å². The average Bonchev–Trinajstić information content (AvgIpc) is 2.76. The molecule has 0 unspecified atom stereocenters. The van der Waals surface area contributed by atoms with Gasteiger partial charge in [-0.1, -0.05) is 101 Å². The first kappa shape index (κ1) is 28.4. The van der Waals surface area contributed by atoms with Gasteiger partial charge in [0.05, 0.1) is 14.1 Å². The number of esters is 1. The number of benzene rings is 1. The van der Waals surface area contributed by atoms with Crippen LogP contribution in [0.5, 0.6) is 0 Å². The van der Waals surface area contributed by atoms with Gasteiger partial charge in [-0.3, -0.25) is 4.79 Å². The second kappa shape index (κ2) is 18.9. The number of ether oxygens (including phenoxy) is 1. The van der Waals surface area contributed by atoms with Crippen molar-refractivity contribution in [1.29, 1.82) is 0 Å². The maximum absolute atomic E-state index is 12.0. The Morgan fingerprint density at radius 3 is 2.00 bits per heavy atom. The zero-order valence-electron chi connectivity index (χ0n) is 21.3. The number of hydrogen-bond acceptors (Lipinski definition) is 2. The van der Waals surface area contributed by atoms with Gasteiger partial charge in [0.15, 0.2) is 0 Å². The van der Waals surface area contributed by atoms with Crippen LogP contribution in [0.15, 0.2) is 42.5 Å². The largest absolute Gasteiger partial charge is 0.460 e. The van der Waals surface area contributed by atoms with E-state index < -0.39 is 0 Å². The standard InChI is InChI=1S/C29H50NO2/c1-4-5-6-7-8-9-10-11-12-13-14-15-16-17-21-24-29(31)32-26-25-30(2,3)27-28-22-19-18-20-23-28/h11-12,18-20,22-23H,4-10,13-17,21,24-27H2,1-3H3/q+1. The summed E-state index contributed by atoms with van der Waals surface area (Å²) in [5, 5.41) is 0. The molecule has 32 heavy (non-hydrogen) atoms. The van der Waals surface area contributed by atoms with Crippen LogP contribution in [-0.2, 0) is 16.1 Å². The van der Waals surface area contributed by atoms with E-state index in [0.29, 0.717) is 13.0 Å². The van der Waals surface area contributed by atoms with Gasteiger partial charge in [-0.25, -0.2) is 0 Å². The summed E-state index contributed by atoms with van der Waals surface area (Å²) < 4.78 is 6.30. The Bertz CT molecular complexity index is 594. The number of carbonyl (C=O) groups excluding carboxylic acids is 1. The van der Waals surface area contributed by atoms with Crippen molar-refractivity contribution in [2.75, 3.05) is 27.2 Å². The Morgan fingerprint density at radius 1 is 0.812 bits per heavy atom. The molecule has 0 aromatic heterocycles. The van der Waals surface area contributed by atoms with Crippen molar-refractivity contribution in [3.05, 3.63) is 48.0 Å². The van der Waals surface area contributed by atoms with E-state index in [1.165, 1.54) is 76.2 Å². The van der Waals surface area contributed by atoms with E-state index in [4.69, 9.17) is 4.74 Å². The summed E-state index contributed by atoms with van der Waals surface area (Å²) in [6, 6.07) is 10.5. The quantitative estimate of drug-likeness (QED) is 0.0886. The molecule has 0 amide bonds. The second-order valence-electron chi connectivity index (χ2n) is 9.86. The molecule has 3 nitrogen and oxygen atoms in total. The number of hydrogen-bond donors (Lipinski definition) is 0. The highest BCUT2D eigenvalue weighted by atomic mass is 16.5. The summed E-state index contributed by atoms with van der Waals surface area (Å²) >= 11 is 0. The Balaban J connectivity index is 1.90. The zero-order valence-corrected chi connectivity index (χ0v) is 21.3. The monoisotopic (exact) mass is 444 g/mol. The molecule has 0 atom stereocenters. The lowest BCUT2D eigenvalue weighted by Crippen LogP contribution is -2.41. The first-order valence-electron chi connectivity index (χ1n) is 13.2. The fourth-order valence-electron chi connectivity index (χ4n) is 3.98. The molecule has 0 aliphatic heterocycles. The summed E-state index contributed by atoms with van der Waals surface area (Å²) in [6.07, 6.45) is 21.9. The van der Waals surface area contributed by atoms with Crippen LogP contribution in [0.25, 0.3) is 0 Å². The maximum Gasteiger partial charge on any atom is 0.305 e. The van der Waals surface area contributed by atoms with Crippen LogP contribution in [0, 0.1) is 0 Å². The summed E-state index contributed by atoms with van der Waals surface area (Å²) in [5.74, 6) is -0.0395. The van der Waals surface area contributed by atoms with Gasteiger partial charge in [0, 0.05) is 12.0 Å². The molecule has 1 aromatic carbocycles. The van der Waals surface area contributed by atoms with Crippen LogP contribution in [0.1, 0.15) is 102 Å². The number of likely N-dealkylation sites (N-methyl/N-ethyl adjacent to an activating group) is 1. The minimum atomic E-state index is -0.0395. The van der Waals surface area contributed by atoms with Gasteiger partial charge in [-0.2, -0.15) is 0 Å². The van der Waals surface area contributed by atoms with E-state index in [-0.39, 0.29) is 5.97 Å². The average molecular weight is 445 g/mol. The molecule has 1 aromatic rings. The fourth-order valence-corrected chi connectivity index (χ4v) is 3.98. The summed E-state index contributed by atoms with van der Waals surface area (Å²) in [7, 11) is 4.37. The molecule has 0 aliphatic carbocycles. The molecule has 182 valence electrons. The molecule has 0 N–H and O–H groups in total. The van der Waals surface area contributed by atoms with Gasteiger partial charge in [0.2, 0.25) is 0 Å². The van der Waals surface area contributed by atoms with Crippen molar-refractivity contribution in [3.63, 3.8) is 0 Å². The lowest BCUT2D eigenvalue weighted by atomic mass is 10.1. The van der Waals surface area contributed by atoms with E-state index in [2.05, 4.69) is 57.4 Å².